The van der Waals surface area contributed by atoms with Crippen molar-refractivity contribution in [3.63, 3.8) is 0 Å². The van der Waals surface area contributed by atoms with Gasteiger partial charge in [-0.2, -0.15) is 4.31 Å². The molecule has 1 fully saturated rings. The summed E-state index contributed by atoms with van der Waals surface area (Å²) in [6.07, 6.45) is 0. The van der Waals surface area contributed by atoms with Gasteiger partial charge in [0.15, 0.2) is 5.82 Å². The smallest absolute Gasteiger partial charge is 0.487 e. The molecule has 0 spiro atoms. The van der Waals surface area contributed by atoms with E-state index in [4.69, 9.17) is 10.5 Å². The van der Waals surface area contributed by atoms with Gasteiger partial charge < -0.3 is 10.5 Å². The predicted octanol–water partition coefficient (Wildman–Crippen LogP) is 2.98. The van der Waals surface area contributed by atoms with Crippen molar-refractivity contribution in [3.05, 3.63) is 70.9 Å². The number of benzene rings is 3. The molecule has 1 heterocycles. The van der Waals surface area contributed by atoms with Gasteiger partial charge in [0.2, 0.25) is 6.54 Å². The largest absolute Gasteiger partial charge is 0.512 e. The van der Waals surface area contributed by atoms with Gasteiger partial charge in [-0.05, 0) is 35.2 Å². The Morgan fingerprint density at radius 2 is 1.89 bits per heavy atom. The maximum atomic E-state index is 15.4. The van der Waals surface area contributed by atoms with E-state index in [-0.39, 0.29) is 40.7 Å². The standard InChI is InChI=1S/C19H17FN3O4S/c20-18-16-7-6-15(21)10-14(16)11-17(27-12-13-4-2-1-3-5-13)19(18)22-8-9-23(24)28(22,25)26/h1-7,10-11H,8-9,12,21H2/q+1. The van der Waals surface area contributed by atoms with E-state index in [1.54, 1.807) is 6.07 Å². The van der Waals surface area contributed by atoms with Gasteiger partial charge in [0, 0.05) is 16.0 Å². The molecule has 0 atom stereocenters. The molecule has 28 heavy (non-hydrogen) atoms. The first-order chi connectivity index (χ1) is 13.4. The fraction of sp³-hybridized carbons (Fsp3) is 0.158. The number of nitrogens with two attached hydrogens (primary N) is 1. The summed E-state index contributed by atoms with van der Waals surface area (Å²) in [7, 11) is -4.36. The van der Waals surface area contributed by atoms with Crippen molar-refractivity contribution < 1.29 is 21.7 Å². The highest BCUT2D eigenvalue weighted by Crippen LogP contribution is 2.40. The molecule has 4 rings (SSSR count). The van der Waals surface area contributed by atoms with E-state index in [2.05, 4.69) is 0 Å². The highest BCUT2D eigenvalue weighted by atomic mass is 32.2. The number of anilines is 2. The molecule has 1 aliphatic heterocycles. The van der Waals surface area contributed by atoms with E-state index in [1.165, 1.54) is 18.2 Å². The minimum atomic E-state index is -4.36. The monoisotopic (exact) mass is 402 g/mol. The molecule has 0 bridgehead atoms. The number of halogens is 1. The van der Waals surface area contributed by atoms with Gasteiger partial charge in [0.25, 0.3) is 0 Å². The number of fused-ring (bicyclic) bond motifs is 1. The third kappa shape index (κ3) is 3.03. The number of hydrogen-bond acceptors (Lipinski definition) is 5. The fourth-order valence-corrected chi connectivity index (χ4v) is 4.41. The molecule has 144 valence electrons. The summed E-state index contributed by atoms with van der Waals surface area (Å²) in [5, 5.41) is 0.663. The molecule has 1 aliphatic rings. The number of nitroso groups, excluding NO2 is 1. The lowest BCUT2D eigenvalue weighted by atomic mass is 10.1. The second-order valence-electron chi connectivity index (χ2n) is 6.40. The minimum Gasteiger partial charge on any atom is -0.487 e. The molecule has 0 radical (unpaired) electrons. The van der Waals surface area contributed by atoms with Crippen molar-refractivity contribution in [3.8, 4) is 5.75 Å². The quantitative estimate of drug-likeness (QED) is 0.535. The molecule has 1 saturated heterocycles. The maximum Gasteiger partial charge on any atom is 0.512 e. The molecular formula is C19H17FN3O4S+. The molecule has 2 N–H and O–H groups in total. The first-order valence-electron chi connectivity index (χ1n) is 8.54. The van der Waals surface area contributed by atoms with Gasteiger partial charge in [0.05, 0.1) is 0 Å². The van der Waals surface area contributed by atoms with E-state index in [0.717, 1.165) is 9.87 Å². The lowest BCUT2D eigenvalue weighted by Crippen LogP contribution is -2.29. The lowest BCUT2D eigenvalue weighted by Gasteiger charge is -2.19. The number of ether oxygens (including phenoxy) is 1. The average molecular weight is 402 g/mol. The van der Waals surface area contributed by atoms with Crippen LogP contribution in [0.4, 0.5) is 15.8 Å². The summed E-state index contributed by atoms with van der Waals surface area (Å²) in [4.78, 5) is 11.7. The molecule has 7 nitrogen and oxygen atoms in total. The molecule has 9 heteroatoms. The Hall–Kier alpha value is -3.20. The molecule has 0 saturated carbocycles. The van der Waals surface area contributed by atoms with Crippen molar-refractivity contribution in [1.82, 2.24) is 0 Å². The Morgan fingerprint density at radius 1 is 1.14 bits per heavy atom. The fourth-order valence-electron chi connectivity index (χ4n) is 3.16. The normalized spacial score (nSPS) is 15.9. The van der Waals surface area contributed by atoms with Gasteiger partial charge in [-0.25, -0.2) is 4.39 Å². The zero-order chi connectivity index (χ0) is 19.9. The summed E-state index contributed by atoms with van der Waals surface area (Å²) >= 11 is 0. The molecule has 0 unspecified atom stereocenters. The second kappa shape index (κ2) is 6.75. The lowest BCUT2D eigenvalue weighted by molar-refractivity contribution is -0.375. The zero-order valence-electron chi connectivity index (χ0n) is 14.7. The number of nitrogens with zero attached hydrogens (tertiary/aromatic N) is 2. The van der Waals surface area contributed by atoms with Crippen molar-refractivity contribution in [1.29, 1.82) is 0 Å². The third-order valence-electron chi connectivity index (χ3n) is 4.55. The first-order valence-corrected chi connectivity index (χ1v) is 9.93. The van der Waals surface area contributed by atoms with Crippen LogP contribution in [0.5, 0.6) is 5.75 Å². The Bertz CT molecular complexity index is 1180. The Morgan fingerprint density at radius 3 is 2.57 bits per heavy atom. The molecule has 3 aromatic carbocycles. The predicted molar refractivity (Wildman–Crippen MR) is 104 cm³/mol. The molecule has 0 amide bonds. The second-order valence-corrected chi connectivity index (χ2v) is 8.14. The third-order valence-corrected chi connectivity index (χ3v) is 6.17. The van der Waals surface area contributed by atoms with E-state index in [9.17, 15) is 13.3 Å². The van der Waals surface area contributed by atoms with Crippen molar-refractivity contribution in [2.45, 2.75) is 6.61 Å². The average Bonchev–Trinajstić information content (AvgIpc) is 2.93. The van der Waals surface area contributed by atoms with Gasteiger partial charge in [-0.15, -0.1) is 8.42 Å². The van der Waals surface area contributed by atoms with Crippen molar-refractivity contribution in [2.75, 3.05) is 23.1 Å². The SMILES string of the molecule is Nc1ccc2c(F)c(N3CC[N+](=O)S3(=O)=O)c(OCc3ccccc3)cc2c1. The summed E-state index contributed by atoms with van der Waals surface area (Å²) in [6, 6.07) is 15.3. The van der Waals surface area contributed by atoms with E-state index < -0.39 is 16.0 Å². The molecule has 0 aromatic heterocycles. The maximum absolute atomic E-state index is 15.4. The van der Waals surface area contributed by atoms with Crippen molar-refractivity contribution in [2.24, 2.45) is 0 Å². The van der Waals surface area contributed by atoms with Crippen LogP contribution in [-0.2, 0) is 16.8 Å². The zero-order valence-corrected chi connectivity index (χ0v) is 15.5. The number of rotatable bonds is 4. The van der Waals surface area contributed by atoms with Crippen LogP contribution in [0.2, 0.25) is 0 Å². The summed E-state index contributed by atoms with van der Waals surface area (Å²) in [6.45, 7) is -0.333. The first kappa shape index (κ1) is 18.2. The summed E-state index contributed by atoms with van der Waals surface area (Å²) < 4.78 is 46.6. The highest BCUT2D eigenvalue weighted by Gasteiger charge is 2.47. The van der Waals surface area contributed by atoms with Crippen molar-refractivity contribution >= 4 is 32.4 Å². The van der Waals surface area contributed by atoms with Crippen LogP contribution < -0.4 is 14.8 Å². The Kier molecular flexibility index (Phi) is 4.38. The van der Waals surface area contributed by atoms with Gasteiger partial charge >= 0.3 is 10.2 Å². The van der Waals surface area contributed by atoms with Gasteiger partial charge in [-0.1, -0.05) is 30.3 Å². The van der Waals surface area contributed by atoms with E-state index >= 15 is 4.39 Å². The van der Waals surface area contributed by atoms with Crippen LogP contribution >= 0.6 is 0 Å². The van der Waals surface area contributed by atoms with Gasteiger partial charge in [0.1, 0.15) is 28.8 Å². The highest BCUT2D eigenvalue weighted by molar-refractivity contribution is 7.87. The van der Waals surface area contributed by atoms with E-state index in [0.29, 0.717) is 11.1 Å². The summed E-state index contributed by atoms with van der Waals surface area (Å²) in [5.41, 5.74) is 6.79. The van der Waals surface area contributed by atoms with Crippen LogP contribution in [0, 0.1) is 10.7 Å². The Balaban J connectivity index is 1.86. The molecule has 3 aromatic rings. The minimum absolute atomic E-state index is 0.0262. The number of nitrogen functional groups attached to an aromatic ring is 1. The molecule has 0 aliphatic carbocycles. The van der Waals surface area contributed by atoms with Crippen LogP contribution in [-0.4, -0.2) is 25.7 Å². The molecular weight excluding hydrogens is 385 g/mol. The van der Waals surface area contributed by atoms with Crippen LogP contribution in [0.1, 0.15) is 5.56 Å². The summed E-state index contributed by atoms with van der Waals surface area (Å²) in [5.74, 6) is -0.752. The number of hydrogen-bond donors (Lipinski definition) is 1. The van der Waals surface area contributed by atoms with Gasteiger partial charge in [-0.3, -0.25) is 0 Å². The van der Waals surface area contributed by atoms with Crippen LogP contribution in [0.25, 0.3) is 10.8 Å². The topological polar surface area (TPSA) is 92.7 Å². The van der Waals surface area contributed by atoms with Crippen LogP contribution in [0.15, 0.2) is 54.6 Å². The van der Waals surface area contributed by atoms with E-state index in [1.807, 2.05) is 30.3 Å². The van der Waals surface area contributed by atoms with Crippen LogP contribution in [0.3, 0.4) is 0 Å². The Labute approximate surface area is 160 Å².